The molecule has 1 aromatic carbocycles. The first-order valence-corrected chi connectivity index (χ1v) is 10.00. The maximum Gasteiger partial charge on any atom is 0.341 e. The molecular formula is C20H22ClNO4S. The Morgan fingerprint density at radius 3 is 2.89 bits per heavy atom. The van der Waals surface area contributed by atoms with Gasteiger partial charge >= 0.3 is 5.97 Å². The van der Waals surface area contributed by atoms with Crippen LogP contribution in [-0.4, -0.2) is 25.6 Å². The van der Waals surface area contributed by atoms with Gasteiger partial charge in [-0.1, -0.05) is 24.6 Å². The van der Waals surface area contributed by atoms with Gasteiger partial charge in [0.05, 0.1) is 17.7 Å². The van der Waals surface area contributed by atoms with Gasteiger partial charge in [0.25, 0.3) is 5.91 Å². The van der Waals surface area contributed by atoms with Crippen LogP contribution in [0.25, 0.3) is 0 Å². The molecule has 1 aromatic heterocycles. The van der Waals surface area contributed by atoms with Gasteiger partial charge < -0.3 is 14.8 Å². The van der Waals surface area contributed by atoms with Crippen molar-refractivity contribution in [2.75, 3.05) is 19.0 Å². The highest BCUT2D eigenvalue weighted by Crippen LogP contribution is 2.40. The second-order valence-corrected chi connectivity index (χ2v) is 8.33. The monoisotopic (exact) mass is 407 g/mol. The highest BCUT2D eigenvalue weighted by molar-refractivity contribution is 7.17. The summed E-state index contributed by atoms with van der Waals surface area (Å²) in [6.45, 7) is 3.92. The number of benzene rings is 1. The molecule has 0 spiro atoms. The quantitative estimate of drug-likeness (QED) is 0.733. The van der Waals surface area contributed by atoms with E-state index in [-0.39, 0.29) is 12.5 Å². The number of anilines is 1. The van der Waals surface area contributed by atoms with Crippen LogP contribution in [0, 0.1) is 12.8 Å². The average Bonchev–Trinajstić information content (AvgIpc) is 2.98. The Bertz CT molecular complexity index is 877. The minimum atomic E-state index is -0.417. The van der Waals surface area contributed by atoms with Crippen molar-refractivity contribution in [3.05, 3.63) is 44.8 Å². The third-order valence-electron chi connectivity index (χ3n) is 4.60. The number of ether oxygens (including phenoxy) is 2. The zero-order valence-electron chi connectivity index (χ0n) is 15.6. The molecule has 0 saturated heterocycles. The van der Waals surface area contributed by atoms with Gasteiger partial charge in [-0.2, -0.15) is 0 Å². The summed E-state index contributed by atoms with van der Waals surface area (Å²) in [4.78, 5) is 25.8. The van der Waals surface area contributed by atoms with Crippen LogP contribution in [0.5, 0.6) is 5.75 Å². The summed E-state index contributed by atoms with van der Waals surface area (Å²) in [5.41, 5.74) is 2.47. The Kier molecular flexibility index (Phi) is 6.07. The van der Waals surface area contributed by atoms with E-state index < -0.39 is 5.97 Å². The molecule has 3 rings (SSSR count). The number of esters is 1. The maximum atomic E-state index is 12.4. The highest BCUT2D eigenvalue weighted by Gasteiger charge is 2.28. The standard InChI is InChI=1S/C20H22ClNO4S/c1-11-5-7-14(21)15(8-11)26-10-17(23)22-19-18(20(24)25-3)13-6-4-12(2)9-16(13)27-19/h5,7-8,12H,4,6,9-10H2,1-3H3,(H,22,23)/t12-/m1/s1. The van der Waals surface area contributed by atoms with E-state index in [1.54, 1.807) is 12.1 Å². The van der Waals surface area contributed by atoms with Gasteiger partial charge in [-0.3, -0.25) is 4.79 Å². The molecule has 0 unspecified atom stereocenters. The summed E-state index contributed by atoms with van der Waals surface area (Å²) in [6, 6.07) is 5.38. The van der Waals surface area contributed by atoms with Crippen LogP contribution in [0.1, 0.15) is 39.7 Å². The van der Waals surface area contributed by atoms with Gasteiger partial charge in [0, 0.05) is 4.88 Å². The molecule has 7 heteroatoms. The highest BCUT2D eigenvalue weighted by atomic mass is 35.5. The summed E-state index contributed by atoms with van der Waals surface area (Å²) >= 11 is 7.54. The van der Waals surface area contributed by atoms with Gasteiger partial charge in [-0.05, 0) is 55.4 Å². The summed E-state index contributed by atoms with van der Waals surface area (Å²) in [7, 11) is 1.35. The molecule has 0 fully saturated rings. The zero-order valence-corrected chi connectivity index (χ0v) is 17.1. The van der Waals surface area contributed by atoms with Crippen LogP contribution in [-0.2, 0) is 22.4 Å². The van der Waals surface area contributed by atoms with Gasteiger partial charge in [-0.25, -0.2) is 4.79 Å². The van der Waals surface area contributed by atoms with E-state index >= 15 is 0 Å². The molecule has 27 heavy (non-hydrogen) atoms. The fourth-order valence-corrected chi connectivity index (χ4v) is 4.77. The number of halogens is 1. The number of nitrogens with one attached hydrogen (secondary N) is 1. The molecule has 1 atom stereocenters. The molecule has 2 aromatic rings. The second-order valence-electron chi connectivity index (χ2n) is 6.82. The van der Waals surface area contributed by atoms with E-state index in [0.29, 0.717) is 27.3 Å². The van der Waals surface area contributed by atoms with Gasteiger partial charge in [0.15, 0.2) is 6.61 Å². The van der Waals surface area contributed by atoms with Crippen LogP contribution in [0.4, 0.5) is 5.00 Å². The number of carbonyl (C=O) groups is 2. The molecule has 0 radical (unpaired) electrons. The number of fused-ring (bicyclic) bond motifs is 1. The number of thiophene rings is 1. The minimum absolute atomic E-state index is 0.192. The van der Waals surface area contributed by atoms with Crippen molar-refractivity contribution in [2.24, 2.45) is 5.92 Å². The van der Waals surface area contributed by atoms with E-state index in [9.17, 15) is 9.59 Å². The molecule has 144 valence electrons. The largest absolute Gasteiger partial charge is 0.482 e. The predicted molar refractivity (Wildman–Crippen MR) is 107 cm³/mol. The smallest absolute Gasteiger partial charge is 0.341 e. The summed E-state index contributed by atoms with van der Waals surface area (Å²) in [5.74, 6) is 0.265. The SMILES string of the molecule is COC(=O)c1c(NC(=O)COc2cc(C)ccc2Cl)sc2c1CC[C@@H](C)C2. The Labute approximate surface area is 167 Å². The maximum absolute atomic E-state index is 12.4. The molecule has 0 bridgehead atoms. The van der Waals surface area contributed by atoms with E-state index in [0.717, 1.165) is 35.3 Å². The topological polar surface area (TPSA) is 64.6 Å². The summed E-state index contributed by atoms with van der Waals surface area (Å²) in [5, 5.41) is 3.79. The molecule has 1 heterocycles. The normalized spacial score (nSPS) is 15.8. The van der Waals surface area contributed by atoms with Crippen LogP contribution >= 0.6 is 22.9 Å². The molecule has 5 nitrogen and oxygen atoms in total. The van der Waals surface area contributed by atoms with Crippen molar-refractivity contribution in [3.8, 4) is 5.75 Å². The fourth-order valence-electron chi connectivity index (χ4n) is 3.18. The predicted octanol–water partition coefficient (Wildman–Crippen LogP) is 4.64. The fraction of sp³-hybridized carbons (Fsp3) is 0.400. The van der Waals surface area contributed by atoms with E-state index in [1.165, 1.54) is 18.4 Å². The van der Waals surface area contributed by atoms with Crippen molar-refractivity contribution < 1.29 is 19.1 Å². The average molecular weight is 408 g/mol. The number of hydrogen-bond donors (Lipinski definition) is 1. The molecule has 1 aliphatic carbocycles. The lowest BCUT2D eigenvalue weighted by Gasteiger charge is -2.18. The first-order valence-electron chi connectivity index (χ1n) is 8.80. The van der Waals surface area contributed by atoms with Gasteiger partial charge in [-0.15, -0.1) is 11.3 Å². The zero-order chi connectivity index (χ0) is 19.6. The van der Waals surface area contributed by atoms with Gasteiger partial charge in [0.2, 0.25) is 0 Å². The molecule has 1 amide bonds. The number of carbonyl (C=O) groups excluding carboxylic acids is 2. The summed E-state index contributed by atoms with van der Waals surface area (Å²) in [6.07, 6.45) is 2.76. The van der Waals surface area contributed by atoms with Crippen molar-refractivity contribution in [1.82, 2.24) is 0 Å². The molecular weight excluding hydrogens is 386 g/mol. The van der Waals surface area contributed by atoms with Crippen LogP contribution in [0.15, 0.2) is 18.2 Å². The van der Waals surface area contributed by atoms with Crippen molar-refractivity contribution in [2.45, 2.75) is 33.1 Å². The van der Waals surface area contributed by atoms with Gasteiger partial charge in [0.1, 0.15) is 10.8 Å². The van der Waals surface area contributed by atoms with Crippen LogP contribution < -0.4 is 10.1 Å². The first-order chi connectivity index (χ1) is 12.9. The number of amides is 1. The third kappa shape index (κ3) is 4.45. The Hall–Kier alpha value is -2.05. The molecule has 1 aliphatic rings. The van der Waals surface area contributed by atoms with Crippen molar-refractivity contribution in [1.29, 1.82) is 0 Å². The molecule has 0 aliphatic heterocycles. The Morgan fingerprint density at radius 2 is 2.15 bits per heavy atom. The lowest BCUT2D eigenvalue weighted by atomic mass is 9.88. The lowest BCUT2D eigenvalue weighted by molar-refractivity contribution is -0.118. The number of methoxy groups -OCH3 is 1. The van der Waals surface area contributed by atoms with Crippen LogP contribution in [0.3, 0.4) is 0 Å². The van der Waals surface area contributed by atoms with Crippen molar-refractivity contribution in [3.63, 3.8) is 0 Å². The Morgan fingerprint density at radius 1 is 1.37 bits per heavy atom. The molecule has 0 saturated carbocycles. The van der Waals surface area contributed by atoms with E-state index in [4.69, 9.17) is 21.1 Å². The number of hydrogen-bond acceptors (Lipinski definition) is 5. The summed E-state index contributed by atoms with van der Waals surface area (Å²) < 4.78 is 10.5. The Balaban J connectivity index is 1.75. The van der Waals surface area contributed by atoms with Crippen LogP contribution in [0.2, 0.25) is 5.02 Å². The lowest BCUT2D eigenvalue weighted by Crippen LogP contribution is -2.21. The number of rotatable bonds is 5. The number of aryl methyl sites for hydroxylation is 1. The molecule has 1 N–H and O–H groups in total. The second kappa shape index (κ2) is 8.31. The van der Waals surface area contributed by atoms with Crippen molar-refractivity contribution >= 4 is 39.8 Å². The van der Waals surface area contributed by atoms with E-state index in [1.807, 2.05) is 13.0 Å². The van der Waals surface area contributed by atoms with E-state index in [2.05, 4.69) is 12.2 Å². The third-order valence-corrected chi connectivity index (χ3v) is 6.08. The minimum Gasteiger partial charge on any atom is -0.482 e. The first kappa shape index (κ1) is 19.7.